The second-order valence-electron chi connectivity index (χ2n) is 5.59. The summed E-state index contributed by atoms with van der Waals surface area (Å²) < 4.78 is 5.30. The molecule has 24 heavy (non-hydrogen) atoms. The number of benzene rings is 1. The Morgan fingerprint density at radius 2 is 2.08 bits per heavy atom. The molecule has 0 radical (unpaired) electrons. The summed E-state index contributed by atoms with van der Waals surface area (Å²) in [6, 6.07) is 10.3. The van der Waals surface area contributed by atoms with Crippen molar-refractivity contribution in [3.8, 4) is 17.0 Å². The third-order valence-corrected chi connectivity index (χ3v) is 4.00. The van der Waals surface area contributed by atoms with Crippen LogP contribution in [0.3, 0.4) is 0 Å². The molecular weight excluding hydrogens is 306 g/mol. The van der Waals surface area contributed by atoms with Gasteiger partial charge in [-0.05, 0) is 37.1 Å². The Morgan fingerprint density at radius 3 is 2.79 bits per heavy atom. The summed E-state index contributed by atoms with van der Waals surface area (Å²) in [4.78, 5) is 28.3. The molecule has 3 rings (SSSR count). The van der Waals surface area contributed by atoms with Crippen LogP contribution in [0.2, 0.25) is 0 Å². The second kappa shape index (κ2) is 7.12. The molecule has 6 heteroatoms. The number of carbonyl (C=O) groups is 2. The molecule has 1 aliphatic heterocycles. The highest BCUT2D eigenvalue weighted by atomic mass is 16.5. The minimum absolute atomic E-state index is 0.121. The maximum absolute atomic E-state index is 12.3. The van der Waals surface area contributed by atoms with Crippen LogP contribution < -0.4 is 15.4 Å². The molecule has 2 heterocycles. The van der Waals surface area contributed by atoms with Crippen molar-refractivity contribution >= 4 is 11.8 Å². The van der Waals surface area contributed by atoms with Crippen molar-refractivity contribution < 1.29 is 14.3 Å². The van der Waals surface area contributed by atoms with Gasteiger partial charge in [-0.2, -0.15) is 0 Å². The zero-order valence-corrected chi connectivity index (χ0v) is 13.4. The lowest BCUT2D eigenvalue weighted by molar-refractivity contribution is -0.124. The zero-order chi connectivity index (χ0) is 16.9. The average Bonchev–Trinajstić information content (AvgIpc) is 2.63. The molecule has 6 nitrogen and oxygen atoms in total. The highest BCUT2D eigenvalue weighted by Crippen LogP contribution is 2.27. The van der Waals surface area contributed by atoms with Crippen molar-refractivity contribution in [2.24, 2.45) is 0 Å². The monoisotopic (exact) mass is 325 g/mol. The number of hydrogen-bond acceptors (Lipinski definition) is 4. The van der Waals surface area contributed by atoms with Gasteiger partial charge in [-0.25, -0.2) is 0 Å². The van der Waals surface area contributed by atoms with Crippen molar-refractivity contribution in [3.63, 3.8) is 0 Å². The van der Waals surface area contributed by atoms with Crippen LogP contribution in [0, 0.1) is 0 Å². The van der Waals surface area contributed by atoms with Crippen molar-refractivity contribution in [2.75, 3.05) is 13.7 Å². The number of methoxy groups -OCH3 is 1. The van der Waals surface area contributed by atoms with Gasteiger partial charge in [-0.3, -0.25) is 14.6 Å². The number of aromatic nitrogens is 1. The lowest BCUT2D eigenvalue weighted by Gasteiger charge is -2.22. The molecule has 0 aliphatic carbocycles. The van der Waals surface area contributed by atoms with Crippen LogP contribution >= 0.6 is 0 Å². The van der Waals surface area contributed by atoms with Crippen molar-refractivity contribution in [3.05, 3.63) is 48.2 Å². The third kappa shape index (κ3) is 3.37. The van der Waals surface area contributed by atoms with Crippen LogP contribution in [0.1, 0.15) is 23.2 Å². The molecule has 1 unspecified atom stereocenters. The first-order chi connectivity index (χ1) is 11.7. The summed E-state index contributed by atoms with van der Waals surface area (Å²) in [5.41, 5.74) is 2.09. The number of ether oxygens (including phenoxy) is 1. The Balaban J connectivity index is 1.74. The smallest absolute Gasteiger partial charge is 0.251 e. The predicted octanol–water partition coefficient (Wildman–Crippen LogP) is 1.77. The van der Waals surface area contributed by atoms with Crippen LogP contribution in [-0.2, 0) is 4.79 Å². The van der Waals surface area contributed by atoms with E-state index >= 15 is 0 Å². The third-order valence-electron chi connectivity index (χ3n) is 4.00. The summed E-state index contributed by atoms with van der Waals surface area (Å²) in [6.07, 6.45) is 3.23. The number of rotatable bonds is 4. The number of carbonyl (C=O) groups excluding carboxylic acids is 2. The van der Waals surface area contributed by atoms with E-state index in [-0.39, 0.29) is 11.8 Å². The Bertz CT molecular complexity index is 743. The van der Waals surface area contributed by atoms with Gasteiger partial charge in [-0.1, -0.05) is 12.1 Å². The van der Waals surface area contributed by atoms with Crippen LogP contribution in [0.15, 0.2) is 42.6 Å². The normalized spacial score (nSPS) is 17.0. The number of nitrogens with zero attached hydrogens (tertiary/aromatic N) is 1. The van der Waals surface area contributed by atoms with Crippen molar-refractivity contribution in [2.45, 2.75) is 18.9 Å². The Hall–Kier alpha value is -2.89. The van der Waals surface area contributed by atoms with Gasteiger partial charge in [0, 0.05) is 23.9 Å². The first-order valence-electron chi connectivity index (χ1n) is 7.87. The van der Waals surface area contributed by atoms with Gasteiger partial charge in [0.25, 0.3) is 5.91 Å². The van der Waals surface area contributed by atoms with E-state index in [1.54, 1.807) is 31.5 Å². The number of piperidine rings is 1. The molecule has 1 aromatic carbocycles. The van der Waals surface area contributed by atoms with E-state index in [4.69, 9.17) is 4.74 Å². The first-order valence-corrected chi connectivity index (χ1v) is 7.87. The largest absolute Gasteiger partial charge is 0.494 e. The summed E-state index contributed by atoms with van der Waals surface area (Å²) in [5, 5.41) is 5.53. The van der Waals surface area contributed by atoms with Gasteiger partial charge in [0.05, 0.1) is 7.11 Å². The molecule has 2 aromatic rings. The Labute approximate surface area is 140 Å². The Morgan fingerprint density at radius 1 is 1.29 bits per heavy atom. The molecule has 0 bridgehead atoms. The van der Waals surface area contributed by atoms with E-state index in [1.165, 1.54) is 0 Å². The molecule has 1 atom stereocenters. The number of amides is 2. The minimum Gasteiger partial charge on any atom is -0.494 e. The van der Waals surface area contributed by atoms with E-state index in [0.29, 0.717) is 24.3 Å². The molecule has 124 valence electrons. The Kier molecular flexibility index (Phi) is 4.74. The fourth-order valence-corrected chi connectivity index (χ4v) is 2.70. The highest BCUT2D eigenvalue weighted by molar-refractivity contribution is 5.98. The number of nitrogens with one attached hydrogen (secondary N) is 2. The predicted molar refractivity (Wildman–Crippen MR) is 89.7 cm³/mol. The average molecular weight is 325 g/mol. The standard InChI is InChI=1S/C18H19N3O3/c1-24-15-5-3-10-19-16(15)12-6-8-13(9-7-12)17(22)21-14-4-2-11-20-18(14)23/h3,5-10,14H,2,4,11H2,1H3,(H,20,23)(H,21,22). The molecule has 0 saturated carbocycles. The summed E-state index contributed by atoms with van der Waals surface area (Å²) in [5.74, 6) is 0.301. The lowest BCUT2D eigenvalue weighted by Crippen LogP contribution is -2.50. The van der Waals surface area contributed by atoms with Crippen molar-refractivity contribution in [1.82, 2.24) is 15.6 Å². The molecule has 1 aromatic heterocycles. The second-order valence-corrected chi connectivity index (χ2v) is 5.59. The van der Waals surface area contributed by atoms with Gasteiger partial charge in [0.15, 0.2) is 0 Å². The maximum atomic E-state index is 12.3. The highest BCUT2D eigenvalue weighted by Gasteiger charge is 2.24. The van der Waals surface area contributed by atoms with E-state index in [2.05, 4.69) is 15.6 Å². The maximum Gasteiger partial charge on any atom is 0.251 e. The van der Waals surface area contributed by atoms with Crippen LogP contribution in [0.4, 0.5) is 0 Å². The summed E-state index contributed by atoms with van der Waals surface area (Å²) in [7, 11) is 1.59. The molecule has 1 aliphatic rings. The fourth-order valence-electron chi connectivity index (χ4n) is 2.70. The van der Waals surface area contributed by atoms with Gasteiger partial charge >= 0.3 is 0 Å². The minimum atomic E-state index is -0.457. The van der Waals surface area contributed by atoms with Crippen LogP contribution in [0.25, 0.3) is 11.3 Å². The van der Waals surface area contributed by atoms with Gasteiger partial charge in [0.1, 0.15) is 17.5 Å². The van der Waals surface area contributed by atoms with Crippen LogP contribution in [-0.4, -0.2) is 36.5 Å². The quantitative estimate of drug-likeness (QED) is 0.898. The first kappa shape index (κ1) is 16.0. The van der Waals surface area contributed by atoms with E-state index in [1.807, 2.05) is 18.2 Å². The summed E-state index contributed by atoms with van der Waals surface area (Å²) >= 11 is 0. The lowest BCUT2D eigenvalue weighted by atomic mass is 10.0. The summed E-state index contributed by atoms with van der Waals surface area (Å²) in [6.45, 7) is 0.672. The van der Waals surface area contributed by atoms with Crippen molar-refractivity contribution in [1.29, 1.82) is 0 Å². The molecular formula is C18H19N3O3. The molecule has 2 amide bonds. The SMILES string of the molecule is COc1cccnc1-c1ccc(C(=O)NC2CCCNC2=O)cc1. The zero-order valence-electron chi connectivity index (χ0n) is 13.4. The molecule has 1 saturated heterocycles. The van der Waals surface area contributed by atoms with Crippen LogP contribution in [0.5, 0.6) is 5.75 Å². The topological polar surface area (TPSA) is 80.3 Å². The van der Waals surface area contributed by atoms with E-state index in [9.17, 15) is 9.59 Å². The fraction of sp³-hybridized carbons (Fsp3) is 0.278. The van der Waals surface area contributed by atoms with Gasteiger partial charge < -0.3 is 15.4 Å². The van der Waals surface area contributed by atoms with Gasteiger partial charge in [0.2, 0.25) is 5.91 Å². The number of pyridine rings is 1. The van der Waals surface area contributed by atoms with E-state index < -0.39 is 6.04 Å². The molecule has 0 spiro atoms. The molecule has 2 N–H and O–H groups in total. The molecule has 1 fully saturated rings. The number of hydrogen-bond donors (Lipinski definition) is 2. The van der Waals surface area contributed by atoms with Gasteiger partial charge in [-0.15, -0.1) is 0 Å². The van der Waals surface area contributed by atoms with E-state index in [0.717, 1.165) is 17.7 Å².